The highest BCUT2D eigenvalue weighted by Crippen LogP contribution is 2.37. The summed E-state index contributed by atoms with van der Waals surface area (Å²) >= 11 is 0. The van der Waals surface area contributed by atoms with E-state index < -0.39 is 0 Å². The second-order valence-corrected chi connectivity index (χ2v) is 7.22. The number of hydrogen-bond donors (Lipinski definition) is 0. The van der Waals surface area contributed by atoms with Gasteiger partial charge in [-0.3, -0.25) is 0 Å². The number of oxime groups is 1. The first kappa shape index (κ1) is 18.1. The van der Waals surface area contributed by atoms with Gasteiger partial charge in [0.25, 0.3) is 0 Å². The quantitative estimate of drug-likeness (QED) is 0.239. The molecule has 2 heteroatoms. The fourth-order valence-corrected chi connectivity index (χ4v) is 4.15. The lowest BCUT2D eigenvalue weighted by atomic mass is 9.87. The third kappa shape index (κ3) is 3.13. The molecule has 0 amide bonds. The SMILES string of the molecule is CO/N=C(\c1ccccc1)c1ccc2ccccc2c1-c1cccc2ccccc12. The summed E-state index contributed by atoms with van der Waals surface area (Å²) in [5.41, 5.74) is 5.27. The molecule has 0 aliphatic rings. The van der Waals surface area contributed by atoms with Gasteiger partial charge >= 0.3 is 0 Å². The van der Waals surface area contributed by atoms with Crippen LogP contribution in [-0.2, 0) is 4.84 Å². The van der Waals surface area contributed by atoms with Crippen molar-refractivity contribution in [2.24, 2.45) is 5.16 Å². The summed E-state index contributed by atoms with van der Waals surface area (Å²) in [4.78, 5) is 5.29. The average molecular weight is 387 g/mol. The smallest absolute Gasteiger partial charge is 0.117 e. The molecule has 2 nitrogen and oxygen atoms in total. The molecule has 5 aromatic rings. The van der Waals surface area contributed by atoms with Crippen LogP contribution in [0.4, 0.5) is 0 Å². The molecule has 144 valence electrons. The monoisotopic (exact) mass is 387 g/mol. The van der Waals surface area contributed by atoms with Gasteiger partial charge in [0.15, 0.2) is 0 Å². The fourth-order valence-electron chi connectivity index (χ4n) is 4.15. The zero-order chi connectivity index (χ0) is 20.3. The third-order valence-electron chi connectivity index (χ3n) is 5.47. The molecule has 0 N–H and O–H groups in total. The minimum Gasteiger partial charge on any atom is -0.399 e. The van der Waals surface area contributed by atoms with Crippen LogP contribution in [0, 0.1) is 0 Å². The van der Waals surface area contributed by atoms with Crippen molar-refractivity contribution in [2.45, 2.75) is 0 Å². The van der Waals surface area contributed by atoms with Gasteiger partial charge in [0.05, 0.1) is 0 Å². The second-order valence-electron chi connectivity index (χ2n) is 7.22. The van der Waals surface area contributed by atoms with Gasteiger partial charge in [0, 0.05) is 11.1 Å². The molecular weight excluding hydrogens is 366 g/mol. The molecule has 0 fully saturated rings. The maximum absolute atomic E-state index is 5.29. The van der Waals surface area contributed by atoms with Crippen LogP contribution in [0.1, 0.15) is 11.1 Å². The molecule has 0 radical (unpaired) electrons. The van der Waals surface area contributed by atoms with Crippen LogP contribution < -0.4 is 0 Å². The summed E-state index contributed by atoms with van der Waals surface area (Å²) in [6.07, 6.45) is 0. The Balaban J connectivity index is 1.90. The van der Waals surface area contributed by atoms with Gasteiger partial charge in [-0.2, -0.15) is 0 Å². The second kappa shape index (κ2) is 7.84. The van der Waals surface area contributed by atoms with Crippen LogP contribution in [0.2, 0.25) is 0 Å². The van der Waals surface area contributed by atoms with E-state index in [4.69, 9.17) is 4.84 Å². The van der Waals surface area contributed by atoms with Crippen molar-refractivity contribution >= 4 is 27.3 Å². The van der Waals surface area contributed by atoms with Crippen LogP contribution >= 0.6 is 0 Å². The maximum atomic E-state index is 5.29. The van der Waals surface area contributed by atoms with Crippen LogP contribution in [0.5, 0.6) is 0 Å². The Morgan fingerprint density at radius 3 is 2.00 bits per heavy atom. The Morgan fingerprint density at radius 1 is 0.600 bits per heavy atom. The fraction of sp³-hybridized carbons (Fsp3) is 0.0357. The molecule has 0 aromatic heterocycles. The summed E-state index contributed by atoms with van der Waals surface area (Å²) in [5.74, 6) is 0. The predicted octanol–water partition coefficient (Wildman–Crippen LogP) is 7.06. The first-order valence-electron chi connectivity index (χ1n) is 10.0. The van der Waals surface area contributed by atoms with Crippen molar-refractivity contribution in [1.29, 1.82) is 0 Å². The van der Waals surface area contributed by atoms with Crippen molar-refractivity contribution in [3.05, 3.63) is 120 Å². The lowest BCUT2D eigenvalue weighted by Gasteiger charge is -2.17. The summed E-state index contributed by atoms with van der Waals surface area (Å²) in [5, 5.41) is 9.30. The Bertz CT molecular complexity index is 1360. The summed E-state index contributed by atoms with van der Waals surface area (Å²) in [7, 11) is 1.60. The van der Waals surface area contributed by atoms with Crippen LogP contribution in [-0.4, -0.2) is 12.8 Å². The van der Waals surface area contributed by atoms with E-state index >= 15 is 0 Å². The summed E-state index contributed by atoms with van der Waals surface area (Å²) in [6, 6.07) is 38.0. The molecule has 0 spiro atoms. The van der Waals surface area contributed by atoms with Gasteiger partial charge in [-0.15, -0.1) is 0 Å². The van der Waals surface area contributed by atoms with Gasteiger partial charge in [-0.05, 0) is 32.7 Å². The first-order valence-corrected chi connectivity index (χ1v) is 10.0. The average Bonchev–Trinajstić information content (AvgIpc) is 2.82. The lowest BCUT2D eigenvalue weighted by molar-refractivity contribution is 0.214. The van der Waals surface area contributed by atoms with E-state index in [0.717, 1.165) is 16.8 Å². The molecule has 0 heterocycles. The molecule has 5 aromatic carbocycles. The van der Waals surface area contributed by atoms with E-state index in [9.17, 15) is 0 Å². The topological polar surface area (TPSA) is 21.6 Å². The molecule has 0 bridgehead atoms. The Morgan fingerprint density at radius 2 is 1.23 bits per heavy atom. The lowest BCUT2D eigenvalue weighted by Crippen LogP contribution is -2.06. The molecule has 0 atom stereocenters. The molecule has 0 unspecified atom stereocenters. The van der Waals surface area contributed by atoms with Crippen molar-refractivity contribution < 1.29 is 4.84 Å². The predicted molar refractivity (Wildman–Crippen MR) is 126 cm³/mol. The highest BCUT2D eigenvalue weighted by atomic mass is 16.6. The number of hydrogen-bond acceptors (Lipinski definition) is 2. The third-order valence-corrected chi connectivity index (χ3v) is 5.47. The zero-order valence-electron chi connectivity index (χ0n) is 16.7. The van der Waals surface area contributed by atoms with E-state index in [0.29, 0.717) is 0 Å². The van der Waals surface area contributed by atoms with Gasteiger partial charge in [-0.25, -0.2) is 0 Å². The Kier molecular flexibility index (Phi) is 4.74. The van der Waals surface area contributed by atoms with Gasteiger partial charge in [-0.1, -0.05) is 114 Å². The van der Waals surface area contributed by atoms with Crippen molar-refractivity contribution in [2.75, 3.05) is 7.11 Å². The number of rotatable bonds is 4. The molecular formula is C28H21NO. The van der Waals surface area contributed by atoms with Crippen molar-refractivity contribution in [1.82, 2.24) is 0 Å². The normalized spacial score (nSPS) is 11.7. The van der Waals surface area contributed by atoms with E-state index in [1.54, 1.807) is 7.11 Å². The minimum atomic E-state index is 0.826. The summed E-state index contributed by atoms with van der Waals surface area (Å²) in [6.45, 7) is 0. The number of benzene rings is 5. The van der Waals surface area contributed by atoms with Gasteiger partial charge < -0.3 is 4.84 Å². The van der Waals surface area contributed by atoms with E-state index in [2.05, 4.69) is 96.2 Å². The molecule has 5 rings (SSSR count). The van der Waals surface area contributed by atoms with Crippen LogP contribution in [0.15, 0.2) is 114 Å². The van der Waals surface area contributed by atoms with Crippen molar-refractivity contribution in [3.63, 3.8) is 0 Å². The highest BCUT2D eigenvalue weighted by Gasteiger charge is 2.18. The molecule has 0 saturated carbocycles. The Hall–Kier alpha value is -3.91. The number of fused-ring (bicyclic) bond motifs is 2. The largest absolute Gasteiger partial charge is 0.399 e. The van der Waals surface area contributed by atoms with Crippen LogP contribution in [0.25, 0.3) is 32.7 Å². The van der Waals surface area contributed by atoms with Crippen LogP contribution in [0.3, 0.4) is 0 Å². The number of nitrogens with zero attached hydrogens (tertiary/aromatic N) is 1. The molecule has 30 heavy (non-hydrogen) atoms. The molecule has 0 aliphatic carbocycles. The van der Waals surface area contributed by atoms with Gasteiger partial charge in [0.1, 0.15) is 12.8 Å². The minimum absolute atomic E-state index is 0.826. The van der Waals surface area contributed by atoms with Crippen molar-refractivity contribution in [3.8, 4) is 11.1 Å². The van der Waals surface area contributed by atoms with E-state index in [1.807, 2.05) is 18.2 Å². The van der Waals surface area contributed by atoms with Gasteiger partial charge in [0.2, 0.25) is 0 Å². The first-order chi connectivity index (χ1) is 14.9. The summed E-state index contributed by atoms with van der Waals surface area (Å²) < 4.78 is 0. The standard InChI is InChI=1S/C28H21NO/c1-30-29-28(22-12-3-2-4-13-22)26-19-18-21-11-6-8-16-24(21)27(26)25-17-9-14-20-10-5-7-15-23(20)25/h2-19H,1H3/b29-28+. The van der Waals surface area contributed by atoms with E-state index in [1.165, 1.54) is 32.7 Å². The zero-order valence-corrected chi connectivity index (χ0v) is 16.7. The maximum Gasteiger partial charge on any atom is 0.117 e. The van der Waals surface area contributed by atoms with E-state index in [-0.39, 0.29) is 0 Å². The highest BCUT2D eigenvalue weighted by molar-refractivity contribution is 6.21. The molecule has 0 aliphatic heterocycles. The molecule has 0 saturated heterocycles. The Labute approximate surface area is 176 Å².